The molecule has 0 atom stereocenters. The van der Waals surface area contributed by atoms with Gasteiger partial charge >= 0.3 is 0 Å². The van der Waals surface area contributed by atoms with Crippen LogP contribution in [0.25, 0.3) is 0 Å². The highest BCUT2D eigenvalue weighted by Crippen LogP contribution is 2.30. The summed E-state index contributed by atoms with van der Waals surface area (Å²) in [6.45, 7) is 0.804. The molecule has 20 heavy (non-hydrogen) atoms. The molecule has 2 aromatic rings. The number of hydrogen-bond donors (Lipinski definition) is 1. The Kier molecular flexibility index (Phi) is 4.85. The predicted molar refractivity (Wildman–Crippen MR) is 78.8 cm³/mol. The molecule has 106 valence electrons. The van der Waals surface area contributed by atoms with Crippen molar-refractivity contribution < 1.29 is 14.2 Å². The molecular formula is C16H19NO3. The average molecular weight is 273 g/mol. The number of nitrogens with one attached hydrogen (secondary N) is 1. The first-order valence-electron chi connectivity index (χ1n) is 6.39. The summed E-state index contributed by atoms with van der Waals surface area (Å²) in [7, 11) is 5.15. The van der Waals surface area contributed by atoms with Crippen molar-refractivity contribution in [2.45, 2.75) is 6.54 Å². The van der Waals surface area contributed by atoms with Crippen molar-refractivity contribution in [2.75, 3.05) is 21.3 Å². The van der Waals surface area contributed by atoms with Crippen molar-refractivity contribution in [3.63, 3.8) is 0 Å². The van der Waals surface area contributed by atoms with Crippen molar-refractivity contribution in [1.29, 1.82) is 0 Å². The molecule has 0 spiro atoms. The monoisotopic (exact) mass is 273 g/mol. The zero-order chi connectivity index (χ0) is 14.4. The van der Waals surface area contributed by atoms with Crippen molar-refractivity contribution in [3.8, 4) is 23.0 Å². The standard InChI is InChI=1S/C16H19NO3/c1-17-11-12-5-4-6-13(7-12)20-16-9-14(18-2)8-15(10-16)19-3/h4-10,17H,11H2,1-3H3. The van der Waals surface area contributed by atoms with Crippen LogP contribution in [0.2, 0.25) is 0 Å². The first-order valence-corrected chi connectivity index (χ1v) is 6.39. The van der Waals surface area contributed by atoms with Crippen molar-refractivity contribution in [3.05, 3.63) is 48.0 Å². The van der Waals surface area contributed by atoms with Crippen molar-refractivity contribution in [1.82, 2.24) is 5.32 Å². The summed E-state index contributed by atoms with van der Waals surface area (Å²) < 4.78 is 16.3. The summed E-state index contributed by atoms with van der Waals surface area (Å²) in [6.07, 6.45) is 0. The minimum absolute atomic E-state index is 0.683. The van der Waals surface area contributed by atoms with E-state index in [4.69, 9.17) is 14.2 Å². The van der Waals surface area contributed by atoms with E-state index in [-0.39, 0.29) is 0 Å². The van der Waals surface area contributed by atoms with E-state index in [1.54, 1.807) is 14.2 Å². The number of methoxy groups -OCH3 is 2. The van der Waals surface area contributed by atoms with Crippen molar-refractivity contribution >= 4 is 0 Å². The molecule has 0 aromatic heterocycles. The van der Waals surface area contributed by atoms with Gasteiger partial charge in [-0.15, -0.1) is 0 Å². The lowest BCUT2D eigenvalue weighted by molar-refractivity contribution is 0.386. The molecular weight excluding hydrogens is 254 g/mol. The Balaban J connectivity index is 2.22. The van der Waals surface area contributed by atoms with Crippen molar-refractivity contribution in [2.24, 2.45) is 0 Å². The molecule has 1 N–H and O–H groups in total. The molecule has 4 heteroatoms. The van der Waals surface area contributed by atoms with Crippen LogP contribution in [0.3, 0.4) is 0 Å². The fourth-order valence-corrected chi connectivity index (χ4v) is 1.90. The van der Waals surface area contributed by atoms with E-state index in [2.05, 4.69) is 11.4 Å². The number of benzene rings is 2. The Morgan fingerprint density at radius 3 is 2.10 bits per heavy atom. The normalized spacial score (nSPS) is 10.2. The molecule has 2 rings (SSSR count). The molecule has 0 heterocycles. The van der Waals surface area contributed by atoms with Crippen LogP contribution in [0.1, 0.15) is 5.56 Å². The molecule has 0 aliphatic carbocycles. The second kappa shape index (κ2) is 6.82. The maximum absolute atomic E-state index is 5.86. The smallest absolute Gasteiger partial charge is 0.134 e. The van der Waals surface area contributed by atoms with Gasteiger partial charge < -0.3 is 19.5 Å². The van der Waals surface area contributed by atoms with Crippen LogP contribution in [-0.4, -0.2) is 21.3 Å². The Hall–Kier alpha value is -2.20. The Morgan fingerprint density at radius 2 is 1.50 bits per heavy atom. The van der Waals surface area contributed by atoms with Gasteiger partial charge in [0.25, 0.3) is 0 Å². The molecule has 0 unspecified atom stereocenters. The van der Waals surface area contributed by atoms with E-state index < -0.39 is 0 Å². The van der Waals surface area contributed by atoms with Gasteiger partial charge in [0.15, 0.2) is 0 Å². The number of rotatable bonds is 6. The van der Waals surface area contributed by atoms with Gasteiger partial charge in [-0.3, -0.25) is 0 Å². The summed E-state index contributed by atoms with van der Waals surface area (Å²) in [4.78, 5) is 0. The van der Waals surface area contributed by atoms with Gasteiger partial charge in [-0.2, -0.15) is 0 Å². The van der Waals surface area contributed by atoms with E-state index in [1.165, 1.54) is 5.56 Å². The van der Waals surface area contributed by atoms with Gasteiger partial charge in [-0.05, 0) is 24.7 Å². The lowest BCUT2D eigenvalue weighted by Gasteiger charge is -2.11. The van der Waals surface area contributed by atoms with Gasteiger partial charge in [0.2, 0.25) is 0 Å². The molecule has 0 amide bonds. The van der Waals surface area contributed by atoms with Gasteiger partial charge in [-0.1, -0.05) is 12.1 Å². The summed E-state index contributed by atoms with van der Waals surface area (Å²) in [5.74, 6) is 2.87. The van der Waals surface area contributed by atoms with E-state index in [0.29, 0.717) is 17.2 Å². The Labute approximate surface area is 119 Å². The SMILES string of the molecule is CNCc1cccc(Oc2cc(OC)cc(OC)c2)c1. The molecule has 0 aliphatic rings. The average Bonchev–Trinajstić information content (AvgIpc) is 2.47. The topological polar surface area (TPSA) is 39.7 Å². The summed E-state index contributed by atoms with van der Waals surface area (Å²) >= 11 is 0. The first kappa shape index (κ1) is 14.2. The highest BCUT2D eigenvalue weighted by atomic mass is 16.5. The zero-order valence-corrected chi connectivity index (χ0v) is 12.0. The van der Waals surface area contributed by atoms with Crippen LogP contribution >= 0.6 is 0 Å². The first-order chi connectivity index (χ1) is 9.75. The van der Waals surface area contributed by atoms with Gasteiger partial charge in [0, 0.05) is 24.7 Å². The Morgan fingerprint density at radius 1 is 0.850 bits per heavy atom. The largest absolute Gasteiger partial charge is 0.496 e. The fraction of sp³-hybridized carbons (Fsp3) is 0.250. The summed E-state index contributed by atoms with van der Waals surface area (Å²) in [5.41, 5.74) is 1.17. The fourth-order valence-electron chi connectivity index (χ4n) is 1.90. The molecule has 0 fully saturated rings. The van der Waals surface area contributed by atoms with Gasteiger partial charge in [0.05, 0.1) is 14.2 Å². The lowest BCUT2D eigenvalue weighted by atomic mass is 10.2. The van der Waals surface area contributed by atoms with Crippen LogP contribution < -0.4 is 19.5 Å². The molecule has 2 aromatic carbocycles. The zero-order valence-electron chi connectivity index (χ0n) is 12.0. The highest BCUT2D eigenvalue weighted by Gasteiger charge is 2.04. The second-order valence-electron chi connectivity index (χ2n) is 4.33. The third kappa shape index (κ3) is 3.65. The minimum atomic E-state index is 0.683. The van der Waals surface area contributed by atoms with Crippen LogP contribution in [-0.2, 0) is 6.54 Å². The van der Waals surface area contributed by atoms with E-state index >= 15 is 0 Å². The lowest BCUT2D eigenvalue weighted by Crippen LogP contribution is -2.04. The highest BCUT2D eigenvalue weighted by molar-refractivity contribution is 5.44. The minimum Gasteiger partial charge on any atom is -0.496 e. The molecule has 0 bridgehead atoms. The number of hydrogen-bond acceptors (Lipinski definition) is 4. The molecule has 0 saturated heterocycles. The van der Waals surface area contributed by atoms with E-state index in [0.717, 1.165) is 12.3 Å². The molecule has 0 saturated carbocycles. The van der Waals surface area contributed by atoms with Gasteiger partial charge in [0.1, 0.15) is 23.0 Å². The van der Waals surface area contributed by atoms with Crippen LogP contribution in [0.4, 0.5) is 0 Å². The summed E-state index contributed by atoms with van der Waals surface area (Å²) in [5, 5.41) is 3.12. The van der Waals surface area contributed by atoms with E-state index in [9.17, 15) is 0 Å². The molecule has 0 aliphatic heterocycles. The second-order valence-corrected chi connectivity index (χ2v) is 4.33. The van der Waals surface area contributed by atoms with E-state index in [1.807, 2.05) is 43.4 Å². The third-order valence-electron chi connectivity index (χ3n) is 2.84. The predicted octanol–water partition coefficient (Wildman–Crippen LogP) is 3.22. The molecule has 0 radical (unpaired) electrons. The Bertz CT molecular complexity index is 547. The van der Waals surface area contributed by atoms with Crippen LogP contribution in [0.5, 0.6) is 23.0 Å². The van der Waals surface area contributed by atoms with Gasteiger partial charge in [-0.25, -0.2) is 0 Å². The number of ether oxygens (including phenoxy) is 3. The third-order valence-corrected chi connectivity index (χ3v) is 2.84. The molecule has 4 nitrogen and oxygen atoms in total. The maximum Gasteiger partial charge on any atom is 0.134 e. The summed E-state index contributed by atoms with van der Waals surface area (Å²) in [6, 6.07) is 13.4. The maximum atomic E-state index is 5.86. The quantitative estimate of drug-likeness (QED) is 0.877. The van der Waals surface area contributed by atoms with Crippen LogP contribution in [0, 0.1) is 0 Å². The van der Waals surface area contributed by atoms with Crippen LogP contribution in [0.15, 0.2) is 42.5 Å².